The van der Waals surface area contributed by atoms with Crippen molar-refractivity contribution < 1.29 is 30.5 Å². The van der Waals surface area contributed by atoms with Crippen LogP contribution in [0.15, 0.2) is 30.3 Å². The molecule has 0 saturated carbocycles. The van der Waals surface area contributed by atoms with Crippen LogP contribution >= 0.6 is 11.8 Å². The van der Waals surface area contributed by atoms with Crippen LogP contribution in [0.2, 0.25) is 0 Å². The number of halogens is 3. The molecule has 1 saturated heterocycles. The van der Waals surface area contributed by atoms with E-state index in [-0.39, 0.29) is 21.1 Å². The van der Waals surface area contributed by atoms with Gasteiger partial charge in [-0.15, -0.1) is 11.8 Å². The molecule has 3 rings (SSSR count). The minimum Gasteiger partial charge on any atom is -0.494 e. The molecule has 0 unspecified atom stereocenters. The van der Waals surface area contributed by atoms with E-state index in [1.165, 1.54) is 13.2 Å². The molecule has 1 fully saturated rings. The first-order valence-electron chi connectivity index (χ1n) is 9.58. The Balaban J connectivity index is 2.12. The molecule has 11 heteroatoms. The summed E-state index contributed by atoms with van der Waals surface area (Å²) in [6, 6.07) is 7.77. The lowest BCUT2D eigenvalue weighted by Gasteiger charge is -2.44. The molecule has 1 aromatic heterocycles. The van der Waals surface area contributed by atoms with Crippen LogP contribution in [0.5, 0.6) is 11.6 Å². The van der Waals surface area contributed by atoms with Gasteiger partial charge in [-0.3, -0.25) is 0 Å². The molecular weight excluding hydrogens is 453 g/mol. The standard InChI is InChI=1S/C20H25F3N2O4S2/c1-18(2)11-13(12-19(3,4)30-18)14-10-17(29-31(26,27)20(21,22)23)25(24-14)15-8-6-7-9-16(15)28-5/h6-10,13H,11-12H2,1-5H3. The third kappa shape index (κ3) is 5.14. The topological polar surface area (TPSA) is 70.4 Å². The molecule has 1 aliphatic rings. The van der Waals surface area contributed by atoms with Gasteiger partial charge in [0.15, 0.2) is 0 Å². The number of hydrogen-bond donors (Lipinski definition) is 0. The smallest absolute Gasteiger partial charge is 0.494 e. The van der Waals surface area contributed by atoms with E-state index in [2.05, 4.69) is 37.0 Å². The number of rotatable bonds is 5. The number of nitrogens with zero attached hydrogens (tertiary/aromatic N) is 2. The van der Waals surface area contributed by atoms with Crippen LogP contribution in [-0.2, 0) is 10.1 Å². The summed E-state index contributed by atoms with van der Waals surface area (Å²) in [5.74, 6) is -0.310. The largest absolute Gasteiger partial charge is 0.534 e. The second-order valence-electron chi connectivity index (χ2n) is 8.70. The number of ether oxygens (including phenoxy) is 1. The van der Waals surface area contributed by atoms with E-state index in [4.69, 9.17) is 4.74 Å². The number of para-hydroxylation sites is 2. The molecular formula is C20H25F3N2O4S2. The number of hydrogen-bond acceptors (Lipinski definition) is 6. The van der Waals surface area contributed by atoms with Crippen LogP contribution in [0, 0.1) is 0 Å². The number of methoxy groups -OCH3 is 1. The Bertz CT molecular complexity index is 1050. The normalized spacial score (nSPS) is 19.2. The fourth-order valence-corrected chi connectivity index (χ4v) is 6.58. The number of alkyl halides is 3. The van der Waals surface area contributed by atoms with Crippen molar-refractivity contribution in [3.05, 3.63) is 36.0 Å². The van der Waals surface area contributed by atoms with Crippen molar-refractivity contribution in [1.82, 2.24) is 9.78 Å². The first-order chi connectivity index (χ1) is 14.1. The Kier molecular flexibility index (Phi) is 6.07. The van der Waals surface area contributed by atoms with Gasteiger partial charge in [-0.2, -0.15) is 31.4 Å². The summed E-state index contributed by atoms with van der Waals surface area (Å²) in [5, 5.41) is 4.48. The lowest BCUT2D eigenvalue weighted by Crippen LogP contribution is -2.35. The van der Waals surface area contributed by atoms with Crippen LogP contribution < -0.4 is 8.92 Å². The second-order valence-corrected chi connectivity index (χ2v) is 12.7. The molecule has 2 aromatic rings. The summed E-state index contributed by atoms with van der Waals surface area (Å²) < 4.78 is 73.1. The van der Waals surface area contributed by atoms with Gasteiger partial charge in [0.25, 0.3) is 0 Å². The Hall–Kier alpha value is -1.88. The molecule has 0 spiro atoms. The highest BCUT2D eigenvalue weighted by molar-refractivity contribution is 8.02. The SMILES string of the molecule is COc1ccccc1-n1nc(C2CC(C)(C)SC(C)(C)C2)cc1OS(=O)(=O)C(F)(F)F. The minimum absolute atomic E-state index is 0.0836. The van der Waals surface area contributed by atoms with Crippen molar-refractivity contribution in [3.63, 3.8) is 0 Å². The van der Waals surface area contributed by atoms with Gasteiger partial charge in [-0.25, -0.2) is 0 Å². The minimum atomic E-state index is -5.87. The van der Waals surface area contributed by atoms with Crippen LogP contribution in [0.25, 0.3) is 5.69 Å². The van der Waals surface area contributed by atoms with Crippen molar-refractivity contribution in [2.24, 2.45) is 0 Å². The first kappa shape index (κ1) is 23.8. The molecule has 6 nitrogen and oxygen atoms in total. The van der Waals surface area contributed by atoms with Crippen LogP contribution in [0.4, 0.5) is 13.2 Å². The van der Waals surface area contributed by atoms with E-state index in [1.54, 1.807) is 24.3 Å². The highest BCUT2D eigenvalue weighted by Gasteiger charge is 2.49. The van der Waals surface area contributed by atoms with Gasteiger partial charge < -0.3 is 8.92 Å². The van der Waals surface area contributed by atoms with Crippen LogP contribution in [-0.4, -0.2) is 40.3 Å². The maximum Gasteiger partial charge on any atom is 0.534 e. The lowest BCUT2D eigenvalue weighted by atomic mass is 9.85. The summed E-state index contributed by atoms with van der Waals surface area (Å²) in [5.41, 5.74) is -4.82. The summed E-state index contributed by atoms with van der Waals surface area (Å²) in [7, 11) is -4.47. The summed E-state index contributed by atoms with van der Waals surface area (Å²) >= 11 is 1.84. The van der Waals surface area contributed by atoms with Gasteiger partial charge in [-0.05, 0) is 25.0 Å². The third-order valence-corrected chi connectivity index (χ3v) is 7.33. The average Bonchev–Trinajstić information content (AvgIpc) is 3.01. The summed E-state index contributed by atoms with van der Waals surface area (Å²) in [6.45, 7) is 8.42. The van der Waals surface area contributed by atoms with Gasteiger partial charge in [0, 0.05) is 21.5 Å². The van der Waals surface area contributed by atoms with E-state index in [1.807, 2.05) is 11.8 Å². The number of thioether (sulfide) groups is 1. The molecule has 2 heterocycles. The van der Waals surface area contributed by atoms with Gasteiger partial charge >= 0.3 is 15.6 Å². The van der Waals surface area contributed by atoms with Crippen molar-refractivity contribution in [1.29, 1.82) is 0 Å². The van der Waals surface area contributed by atoms with E-state index in [0.717, 1.165) is 17.5 Å². The number of aromatic nitrogens is 2. The Morgan fingerprint density at radius 2 is 1.71 bits per heavy atom. The van der Waals surface area contributed by atoms with Crippen molar-refractivity contribution in [2.45, 2.75) is 61.5 Å². The fourth-order valence-electron chi connectivity index (χ4n) is 4.08. The zero-order valence-corrected chi connectivity index (χ0v) is 19.5. The maximum absolute atomic E-state index is 13.0. The maximum atomic E-state index is 13.0. The number of benzene rings is 1. The van der Waals surface area contributed by atoms with E-state index in [9.17, 15) is 21.6 Å². The van der Waals surface area contributed by atoms with Crippen LogP contribution in [0.3, 0.4) is 0 Å². The average molecular weight is 479 g/mol. The molecule has 172 valence electrons. The summed E-state index contributed by atoms with van der Waals surface area (Å²) in [6.07, 6.45) is 1.46. The highest BCUT2D eigenvalue weighted by atomic mass is 32.2. The lowest BCUT2D eigenvalue weighted by molar-refractivity contribution is -0.0502. The monoisotopic (exact) mass is 478 g/mol. The first-order valence-corrected chi connectivity index (χ1v) is 11.8. The zero-order chi connectivity index (χ0) is 23.2. The Morgan fingerprint density at radius 3 is 2.26 bits per heavy atom. The van der Waals surface area contributed by atoms with Gasteiger partial charge in [-0.1, -0.05) is 39.8 Å². The zero-order valence-electron chi connectivity index (χ0n) is 17.9. The van der Waals surface area contributed by atoms with Crippen molar-refractivity contribution >= 4 is 21.9 Å². The molecule has 1 aliphatic heterocycles. The molecule has 0 aliphatic carbocycles. The van der Waals surface area contributed by atoms with Crippen molar-refractivity contribution in [3.8, 4) is 17.3 Å². The van der Waals surface area contributed by atoms with E-state index in [0.29, 0.717) is 11.4 Å². The molecule has 0 bridgehead atoms. The van der Waals surface area contributed by atoms with Gasteiger partial charge in [0.05, 0.1) is 12.8 Å². The predicted octanol–water partition coefficient (Wildman–Crippen LogP) is 5.28. The Morgan fingerprint density at radius 1 is 1.13 bits per heavy atom. The molecule has 0 radical (unpaired) electrons. The van der Waals surface area contributed by atoms with Crippen LogP contribution in [0.1, 0.15) is 52.1 Å². The van der Waals surface area contributed by atoms with E-state index >= 15 is 0 Å². The Labute approximate surface area is 184 Å². The highest BCUT2D eigenvalue weighted by Crippen LogP contribution is 2.52. The molecule has 0 amide bonds. The quantitative estimate of drug-likeness (QED) is 0.430. The van der Waals surface area contributed by atoms with Gasteiger partial charge in [0.1, 0.15) is 11.4 Å². The predicted molar refractivity (Wildman–Crippen MR) is 113 cm³/mol. The van der Waals surface area contributed by atoms with Crippen molar-refractivity contribution in [2.75, 3.05) is 7.11 Å². The fraction of sp³-hybridized carbons (Fsp3) is 0.550. The molecule has 0 atom stereocenters. The molecule has 0 N–H and O–H groups in total. The van der Waals surface area contributed by atoms with E-state index < -0.39 is 21.5 Å². The van der Waals surface area contributed by atoms with Gasteiger partial charge in [0.2, 0.25) is 5.88 Å². The third-order valence-electron chi connectivity index (χ3n) is 4.93. The summed E-state index contributed by atoms with van der Waals surface area (Å²) in [4.78, 5) is 0. The second kappa shape index (κ2) is 7.91. The molecule has 31 heavy (non-hydrogen) atoms. The molecule has 1 aromatic carbocycles.